The summed E-state index contributed by atoms with van der Waals surface area (Å²) in [6.07, 6.45) is 0.254. The number of sulfonamides is 1. The van der Waals surface area contributed by atoms with Crippen LogP contribution in [-0.2, 0) is 34.3 Å². The lowest BCUT2D eigenvalue weighted by molar-refractivity contribution is -0.125. The van der Waals surface area contributed by atoms with Gasteiger partial charge in [0, 0.05) is 18.7 Å². The van der Waals surface area contributed by atoms with Crippen molar-refractivity contribution < 1.29 is 17.6 Å². The molecule has 0 aliphatic carbocycles. The molecule has 3 aromatic rings. The molecule has 0 spiro atoms. The molecule has 0 unspecified atom stereocenters. The van der Waals surface area contributed by atoms with Crippen LogP contribution in [0, 0.1) is 12.7 Å². The Morgan fingerprint density at radius 1 is 1.03 bits per heavy atom. The Hall–Kier alpha value is -3.03. The Labute approximate surface area is 181 Å². The summed E-state index contributed by atoms with van der Waals surface area (Å²) in [6, 6.07) is 19.4. The standard InChI is InChI=1S/C24H23FN2O3S/c1-17-7-6-11-21(13-17)31(29,30)27-16-20-10-3-2-8-18(20)14-23(27)24(28)26-15-19-9-4-5-12-22(19)25/h2-13,23H,14-16H2,1H3,(H,26,28)/t23-/m0/s1. The van der Waals surface area contributed by atoms with Crippen LogP contribution in [-0.4, -0.2) is 24.7 Å². The molecule has 1 amide bonds. The van der Waals surface area contributed by atoms with Gasteiger partial charge in [-0.1, -0.05) is 54.6 Å². The summed E-state index contributed by atoms with van der Waals surface area (Å²) in [5.74, 6) is -0.866. The SMILES string of the molecule is Cc1cccc(S(=O)(=O)N2Cc3ccccc3C[C@H]2C(=O)NCc2ccccc2F)c1. The van der Waals surface area contributed by atoms with Crippen molar-refractivity contribution in [3.05, 3.63) is 101 Å². The molecular formula is C24H23FN2O3S. The van der Waals surface area contributed by atoms with Crippen molar-refractivity contribution in [2.45, 2.75) is 37.4 Å². The Balaban J connectivity index is 1.66. The van der Waals surface area contributed by atoms with Crippen LogP contribution in [0.15, 0.2) is 77.7 Å². The van der Waals surface area contributed by atoms with E-state index in [4.69, 9.17) is 0 Å². The van der Waals surface area contributed by atoms with Gasteiger partial charge in [0.05, 0.1) is 4.90 Å². The molecule has 4 rings (SSSR count). The van der Waals surface area contributed by atoms with E-state index in [-0.39, 0.29) is 24.4 Å². The lowest BCUT2D eigenvalue weighted by Gasteiger charge is -2.35. The monoisotopic (exact) mass is 438 g/mol. The second-order valence-electron chi connectivity index (χ2n) is 7.66. The first kappa shape index (κ1) is 21.2. The molecule has 0 bridgehead atoms. The van der Waals surface area contributed by atoms with E-state index in [0.29, 0.717) is 5.56 Å². The second-order valence-corrected chi connectivity index (χ2v) is 9.56. The zero-order valence-corrected chi connectivity index (χ0v) is 17.9. The predicted molar refractivity (Wildman–Crippen MR) is 116 cm³/mol. The molecule has 0 saturated carbocycles. The molecule has 3 aromatic carbocycles. The van der Waals surface area contributed by atoms with Gasteiger partial charge in [0.1, 0.15) is 11.9 Å². The van der Waals surface area contributed by atoms with Gasteiger partial charge in [0.2, 0.25) is 15.9 Å². The summed E-state index contributed by atoms with van der Waals surface area (Å²) >= 11 is 0. The molecule has 1 atom stereocenters. The van der Waals surface area contributed by atoms with E-state index in [9.17, 15) is 17.6 Å². The fourth-order valence-corrected chi connectivity index (χ4v) is 5.50. The van der Waals surface area contributed by atoms with Crippen LogP contribution in [0.4, 0.5) is 4.39 Å². The van der Waals surface area contributed by atoms with Crippen LogP contribution in [0.1, 0.15) is 22.3 Å². The normalized spacial score (nSPS) is 16.5. The Kier molecular flexibility index (Phi) is 5.89. The van der Waals surface area contributed by atoms with Gasteiger partial charge in [0.15, 0.2) is 0 Å². The molecule has 0 saturated heterocycles. The van der Waals surface area contributed by atoms with E-state index < -0.39 is 27.8 Å². The third-order valence-electron chi connectivity index (χ3n) is 5.52. The Morgan fingerprint density at radius 2 is 1.74 bits per heavy atom. The van der Waals surface area contributed by atoms with Crippen LogP contribution < -0.4 is 5.32 Å². The minimum Gasteiger partial charge on any atom is -0.351 e. The van der Waals surface area contributed by atoms with Crippen LogP contribution in [0.5, 0.6) is 0 Å². The van der Waals surface area contributed by atoms with Gasteiger partial charge in [-0.2, -0.15) is 4.31 Å². The molecule has 1 N–H and O–H groups in total. The number of benzene rings is 3. The number of aryl methyl sites for hydroxylation is 1. The topological polar surface area (TPSA) is 66.5 Å². The molecule has 5 nitrogen and oxygen atoms in total. The van der Waals surface area contributed by atoms with Gasteiger partial charge in [-0.25, -0.2) is 12.8 Å². The number of rotatable bonds is 5. The maximum absolute atomic E-state index is 13.9. The fourth-order valence-electron chi connectivity index (χ4n) is 3.83. The van der Waals surface area contributed by atoms with E-state index in [1.165, 1.54) is 16.4 Å². The van der Waals surface area contributed by atoms with Gasteiger partial charge >= 0.3 is 0 Å². The Bertz CT molecular complexity index is 1230. The predicted octanol–water partition coefficient (Wildman–Crippen LogP) is 3.57. The molecule has 1 aliphatic rings. The minimum atomic E-state index is -3.91. The van der Waals surface area contributed by atoms with E-state index in [1.807, 2.05) is 37.3 Å². The highest BCUT2D eigenvalue weighted by atomic mass is 32.2. The van der Waals surface area contributed by atoms with Crippen LogP contribution in [0.2, 0.25) is 0 Å². The molecule has 160 valence electrons. The van der Waals surface area contributed by atoms with E-state index in [1.54, 1.807) is 30.3 Å². The smallest absolute Gasteiger partial charge is 0.244 e. The Morgan fingerprint density at radius 3 is 2.48 bits per heavy atom. The highest BCUT2D eigenvalue weighted by Gasteiger charge is 2.39. The number of nitrogens with one attached hydrogen (secondary N) is 1. The molecule has 31 heavy (non-hydrogen) atoms. The largest absolute Gasteiger partial charge is 0.351 e. The average molecular weight is 439 g/mol. The number of fused-ring (bicyclic) bond motifs is 1. The summed E-state index contributed by atoms with van der Waals surface area (Å²) in [7, 11) is -3.91. The van der Waals surface area contributed by atoms with E-state index >= 15 is 0 Å². The fraction of sp³-hybridized carbons (Fsp3) is 0.208. The number of carbonyl (C=O) groups is 1. The highest BCUT2D eigenvalue weighted by Crippen LogP contribution is 2.29. The zero-order valence-electron chi connectivity index (χ0n) is 17.1. The summed E-state index contributed by atoms with van der Waals surface area (Å²) in [6.45, 7) is 1.91. The van der Waals surface area contributed by atoms with Gasteiger partial charge < -0.3 is 5.32 Å². The van der Waals surface area contributed by atoms with Crippen molar-refractivity contribution in [2.24, 2.45) is 0 Å². The van der Waals surface area contributed by atoms with Gasteiger partial charge in [0.25, 0.3) is 0 Å². The van der Waals surface area contributed by atoms with Gasteiger partial charge in [-0.3, -0.25) is 4.79 Å². The lowest BCUT2D eigenvalue weighted by atomic mass is 9.95. The van der Waals surface area contributed by atoms with E-state index in [2.05, 4.69) is 5.32 Å². The summed E-state index contributed by atoms with van der Waals surface area (Å²) in [5, 5.41) is 2.72. The summed E-state index contributed by atoms with van der Waals surface area (Å²) in [4.78, 5) is 13.3. The third-order valence-corrected chi connectivity index (χ3v) is 7.37. The molecule has 0 fully saturated rings. The molecule has 0 aromatic heterocycles. The second kappa shape index (κ2) is 8.61. The van der Waals surface area contributed by atoms with E-state index in [0.717, 1.165) is 16.7 Å². The van der Waals surface area contributed by atoms with Crippen LogP contribution >= 0.6 is 0 Å². The first-order valence-electron chi connectivity index (χ1n) is 10.0. The molecule has 7 heteroatoms. The maximum Gasteiger partial charge on any atom is 0.244 e. The van der Waals surface area contributed by atoms with Crippen molar-refractivity contribution in [3.8, 4) is 0 Å². The molecule has 1 aliphatic heterocycles. The first-order valence-corrected chi connectivity index (χ1v) is 11.5. The number of nitrogens with zero attached hydrogens (tertiary/aromatic N) is 1. The average Bonchev–Trinajstić information content (AvgIpc) is 2.77. The molecule has 0 radical (unpaired) electrons. The highest BCUT2D eigenvalue weighted by molar-refractivity contribution is 7.89. The number of hydrogen-bond acceptors (Lipinski definition) is 3. The van der Waals surface area contributed by atoms with Crippen LogP contribution in [0.3, 0.4) is 0 Å². The van der Waals surface area contributed by atoms with Crippen molar-refractivity contribution in [1.82, 2.24) is 9.62 Å². The van der Waals surface area contributed by atoms with Gasteiger partial charge in [-0.05, 0) is 48.2 Å². The van der Waals surface area contributed by atoms with Gasteiger partial charge in [-0.15, -0.1) is 0 Å². The van der Waals surface area contributed by atoms with Crippen molar-refractivity contribution in [1.29, 1.82) is 0 Å². The summed E-state index contributed by atoms with van der Waals surface area (Å²) in [5.41, 5.74) is 2.97. The first-order chi connectivity index (χ1) is 14.9. The van der Waals surface area contributed by atoms with Crippen molar-refractivity contribution in [3.63, 3.8) is 0 Å². The maximum atomic E-state index is 13.9. The minimum absolute atomic E-state index is 0.0119. The third kappa shape index (κ3) is 4.38. The molecule has 1 heterocycles. The summed E-state index contributed by atoms with van der Waals surface area (Å²) < 4.78 is 42.2. The van der Waals surface area contributed by atoms with Crippen molar-refractivity contribution >= 4 is 15.9 Å². The number of amides is 1. The number of hydrogen-bond donors (Lipinski definition) is 1. The number of halogens is 1. The quantitative estimate of drug-likeness (QED) is 0.662. The van der Waals surface area contributed by atoms with Crippen molar-refractivity contribution in [2.75, 3.05) is 0 Å². The van der Waals surface area contributed by atoms with Crippen LogP contribution in [0.25, 0.3) is 0 Å². The molecular weight excluding hydrogens is 415 g/mol. The number of carbonyl (C=O) groups excluding carboxylic acids is 1. The lowest BCUT2D eigenvalue weighted by Crippen LogP contribution is -2.52. The zero-order chi connectivity index (χ0) is 22.0.